The molecule has 2 aromatic heterocycles. The molecule has 0 unspecified atom stereocenters. The molecule has 0 radical (unpaired) electrons. The Hall–Kier alpha value is -3.16. The highest BCUT2D eigenvalue weighted by Crippen LogP contribution is 2.28. The number of fused-ring (bicyclic) bond motifs is 1. The molecule has 2 aromatic carbocycles. The third kappa shape index (κ3) is 4.26. The van der Waals surface area contributed by atoms with Crippen LogP contribution in [-0.2, 0) is 6.54 Å². The van der Waals surface area contributed by atoms with Gasteiger partial charge in [-0.05, 0) is 23.8 Å². The van der Waals surface area contributed by atoms with Gasteiger partial charge in [0.1, 0.15) is 0 Å². The van der Waals surface area contributed by atoms with Gasteiger partial charge in [0.2, 0.25) is 0 Å². The zero-order valence-corrected chi connectivity index (χ0v) is 18.4. The highest BCUT2D eigenvalue weighted by atomic mass is 32.2. The Balaban J connectivity index is 1.54. The van der Waals surface area contributed by atoms with Crippen molar-refractivity contribution >= 4 is 28.7 Å². The molecule has 3 heterocycles. The minimum atomic E-state index is -0.841. The van der Waals surface area contributed by atoms with E-state index in [0.29, 0.717) is 41.0 Å². The second-order valence-electron chi connectivity index (χ2n) is 8.16. The molecule has 1 saturated heterocycles. The Kier molecular flexibility index (Phi) is 5.68. The molecule has 1 aliphatic heterocycles. The molecule has 0 aliphatic carbocycles. The van der Waals surface area contributed by atoms with E-state index < -0.39 is 5.60 Å². The summed E-state index contributed by atoms with van der Waals surface area (Å²) < 4.78 is 1.83. The Labute approximate surface area is 190 Å². The number of pyridine rings is 1. The van der Waals surface area contributed by atoms with Gasteiger partial charge in [0.25, 0.3) is 5.91 Å². The van der Waals surface area contributed by atoms with Crippen LogP contribution in [0.25, 0.3) is 22.3 Å². The summed E-state index contributed by atoms with van der Waals surface area (Å²) in [5, 5.41) is 18.8. The van der Waals surface area contributed by atoms with Gasteiger partial charge in [0.15, 0.2) is 5.65 Å². The van der Waals surface area contributed by atoms with E-state index in [1.807, 2.05) is 71.4 Å². The number of benzene rings is 2. The van der Waals surface area contributed by atoms with Crippen molar-refractivity contribution in [3.63, 3.8) is 0 Å². The number of nitrogens with one attached hydrogen (secondary N) is 1. The summed E-state index contributed by atoms with van der Waals surface area (Å²) in [7, 11) is 0. The minimum absolute atomic E-state index is 0.223. The molecule has 6 nitrogen and oxygen atoms in total. The fourth-order valence-corrected chi connectivity index (χ4v) is 5.24. The van der Waals surface area contributed by atoms with Gasteiger partial charge in [-0.2, -0.15) is 16.9 Å². The SMILES string of the molecule is O=C(NC[C@]1(O)CCSC1)c1cc(-c2ccccc2)nc2c1cnn2Cc1ccccc1. The van der Waals surface area contributed by atoms with Crippen LogP contribution in [0.4, 0.5) is 0 Å². The van der Waals surface area contributed by atoms with Crippen molar-refractivity contribution in [2.75, 3.05) is 18.1 Å². The van der Waals surface area contributed by atoms with Crippen LogP contribution in [0.15, 0.2) is 72.9 Å². The van der Waals surface area contributed by atoms with Gasteiger partial charge in [0, 0.05) is 17.9 Å². The first-order chi connectivity index (χ1) is 15.6. The Bertz CT molecular complexity index is 1240. The maximum atomic E-state index is 13.2. The van der Waals surface area contributed by atoms with E-state index in [2.05, 4.69) is 10.4 Å². The predicted molar refractivity (Wildman–Crippen MR) is 128 cm³/mol. The average Bonchev–Trinajstić information content (AvgIpc) is 3.45. The van der Waals surface area contributed by atoms with E-state index >= 15 is 0 Å². The van der Waals surface area contributed by atoms with Crippen LogP contribution in [0, 0.1) is 0 Å². The number of hydrogen-bond donors (Lipinski definition) is 2. The van der Waals surface area contributed by atoms with Gasteiger partial charge in [-0.15, -0.1) is 0 Å². The molecule has 7 heteroatoms. The summed E-state index contributed by atoms with van der Waals surface area (Å²) in [4.78, 5) is 18.1. The summed E-state index contributed by atoms with van der Waals surface area (Å²) >= 11 is 1.71. The molecule has 5 rings (SSSR count). The van der Waals surface area contributed by atoms with Gasteiger partial charge in [0.05, 0.1) is 35.0 Å². The lowest BCUT2D eigenvalue weighted by atomic mass is 10.0. The zero-order chi connectivity index (χ0) is 22.0. The summed E-state index contributed by atoms with van der Waals surface area (Å²) in [6.45, 7) is 0.801. The first kappa shape index (κ1) is 20.7. The van der Waals surface area contributed by atoms with Crippen molar-refractivity contribution in [2.45, 2.75) is 18.6 Å². The third-order valence-electron chi connectivity index (χ3n) is 5.76. The van der Waals surface area contributed by atoms with E-state index in [-0.39, 0.29) is 12.5 Å². The molecule has 1 fully saturated rings. The van der Waals surface area contributed by atoms with E-state index in [1.165, 1.54) is 0 Å². The molecule has 1 atom stereocenters. The lowest BCUT2D eigenvalue weighted by Gasteiger charge is -2.21. The monoisotopic (exact) mass is 444 g/mol. The topological polar surface area (TPSA) is 80.0 Å². The number of nitrogens with zero attached hydrogens (tertiary/aromatic N) is 3. The van der Waals surface area contributed by atoms with E-state index in [1.54, 1.807) is 18.0 Å². The van der Waals surface area contributed by atoms with Crippen LogP contribution in [0.1, 0.15) is 22.3 Å². The number of thioether (sulfide) groups is 1. The largest absolute Gasteiger partial charge is 0.387 e. The Morgan fingerprint density at radius 2 is 1.88 bits per heavy atom. The first-order valence-electron chi connectivity index (χ1n) is 10.7. The smallest absolute Gasteiger partial charge is 0.252 e. The summed E-state index contributed by atoms with van der Waals surface area (Å²) in [5.41, 5.74) is 3.09. The van der Waals surface area contributed by atoms with Crippen molar-refractivity contribution in [2.24, 2.45) is 0 Å². The molecule has 1 amide bonds. The number of amides is 1. The van der Waals surface area contributed by atoms with Crippen LogP contribution < -0.4 is 5.32 Å². The highest BCUT2D eigenvalue weighted by Gasteiger charge is 2.32. The number of hydrogen-bond acceptors (Lipinski definition) is 5. The molecule has 32 heavy (non-hydrogen) atoms. The lowest BCUT2D eigenvalue weighted by Crippen LogP contribution is -2.43. The van der Waals surface area contributed by atoms with Gasteiger partial charge in [-0.3, -0.25) is 4.79 Å². The average molecular weight is 445 g/mol. The molecule has 0 spiro atoms. The van der Waals surface area contributed by atoms with Crippen molar-refractivity contribution < 1.29 is 9.90 Å². The summed E-state index contributed by atoms with van der Waals surface area (Å²) in [6, 6.07) is 21.7. The second kappa shape index (κ2) is 8.76. The van der Waals surface area contributed by atoms with Crippen molar-refractivity contribution in [3.8, 4) is 11.3 Å². The fraction of sp³-hybridized carbons (Fsp3) is 0.240. The number of aliphatic hydroxyl groups is 1. The van der Waals surface area contributed by atoms with Crippen LogP contribution in [0.5, 0.6) is 0 Å². The normalized spacial score (nSPS) is 18.2. The van der Waals surface area contributed by atoms with Crippen LogP contribution in [-0.4, -0.2) is 49.4 Å². The molecular weight excluding hydrogens is 420 g/mol. The van der Waals surface area contributed by atoms with Gasteiger partial charge in [-0.25, -0.2) is 9.67 Å². The maximum Gasteiger partial charge on any atom is 0.252 e. The highest BCUT2D eigenvalue weighted by molar-refractivity contribution is 7.99. The van der Waals surface area contributed by atoms with Crippen molar-refractivity contribution in [3.05, 3.63) is 84.1 Å². The molecular formula is C25H24N4O2S. The van der Waals surface area contributed by atoms with Crippen LogP contribution >= 0.6 is 11.8 Å². The quantitative estimate of drug-likeness (QED) is 0.474. The van der Waals surface area contributed by atoms with E-state index in [4.69, 9.17) is 4.98 Å². The van der Waals surface area contributed by atoms with Crippen LogP contribution in [0.3, 0.4) is 0 Å². The second-order valence-corrected chi connectivity index (χ2v) is 9.26. The number of aromatic nitrogens is 3. The lowest BCUT2D eigenvalue weighted by molar-refractivity contribution is 0.0613. The summed E-state index contributed by atoms with van der Waals surface area (Å²) in [5.74, 6) is 1.33. The molecule has 4 aromatic rings. The number of carbonyl (C=O) groups excluding carboxylic acids is 1. The third-order valence-corrected chi connectivity index (χ3v) is 6.99. The standard InChI is InChI=1S/C25H24N4O2S/c30-24(26-16-25(31)11-12-32-17-25)20-13-22(19-9-5-2-6-10-19)28-23-21(20)14-27-29(23)15-18-7-3-1-4-8-18/h1-10,13-14,31H,11-12,15-17H2,(H,26,30)/t25-/m1/s1. The molecule has 162 valence electrons. The number of carbonyl (C=O) groups is 1. The van der Waals surface area contributed by atoms with Crippen molar-refractivity contribution in [1.29, 1.82) is 0 Å². The maximum absolute atomic E-state index is 13.2. The number of rotatable bonds is 6. The van der Waals surface area contributed by atoms with E-state index in [9.17, 15) is 9.90 Å². The predicted octanol–water partition coefficient (Wildman–Crippen LogP) is 3.74. The molecule has 0 bridgehead atoms. The fourth-order valence-electron chi connectivity index (χ4n) is 3.94. The van der Waals surface area contributed by atoms with Crippen LogP contribution in [0.2, 0.25) is 0 Å². The zero-order valence-electron chi connectivity index (χ0n) is 17.6. The van der Waals surface area contributed by atoms with Gasteiger partial charge < -0.3 is 10.4 Å². The first-order valence-corrected chi connectivity index (χ1v) is 11.8. The Morgan fingerprint density at radius 3 is 2.59 bits per heavy atom. The van der Waals surface area contributed by atoms with Gasteiger partial charge >= 0.3 is 0 Å². The van der Waals surface area contributed by atoms with Gasteiger partial charge in [-0.1, -0.05) is 60.7 Å². The minimum Gasteiger partial charge on any atom is -0.387 e. The molecule has 0 saturated carbocycles. The molecule has 2 N–H and O–H groups in total. The van der Waals surface area contributed by atoms with E-state index in [0.717, 1.165) is 16.9 Å². The Morgan fingerprint density at radius 1 is 1.12 bits per heavy atom. The summed E-state index contributed by atoms with van der Waals surface area (Å²) in [6.07, 6.45) is 2.39. The van der Waals surface area contributed by atoms with Crippen molar-refractivity contribution in [1.82, 2.24) is 20.1 Å². The molecule has 1 aliphatic rings.